The van der Waals surface area contributed by atoms with Crippen LogP contribution in [0.15, 0.2) is 42.6 Å². The molecular formula is C22H29N3O2. The summed E-state index contributed by atoms with van der Waals surface area (Å²) in [6.07, 6.45) is 10.0. The van der Waals surface area contributed by atoms with E-state index in [1.165, 1.54) is 38.5 Å². The summed E-state index contributed by atoms with van der Waals surface area (Å²) in [5.41, 5.74) is 1.78. The number of methoxy groups -OCH3 is 1. The van der Waals surface area contributed by atoms with Crippen LogP contribution in [0.25, 0.3) is 0 Å². The van der Waals surface area contributed by atoms with E-state index < -0.39 is 0 Å². The summed E-state index contributed by atoms with van der Waals surface area (Å²) in [5.74, 6) is 1.56. The Bertz CT molecular complexity index is 740. The molecule has 5 nitrogen and oxygen atoms in total. The molecule has 0 aliphatic heterocycles. The summed E-state index contributed by atoms with van der Waals surface area (Å²) in [6.45, 7) is 0.583. The minimum Gasteiger partial charge on any atom is -0.497 e. The number of nitrogens with one attached hydrogen (secondary N) is 2. The van der Waals surface area contributed by atoms with Gasteiger partial charge >= 0.3 is 0 Å². The lowest BCUT2D eigenvalue weighted by molar-refractivity contribution is 0.0954. The number of anilines is 1. The molecule has 27 heavy (non-hydrogen) atoms. The van der Waals surface area contributed by atoms with Gasteiger partial charge in [-0.2, -0.15) is 0 Å². The molecule has 1 aliphatic rings. The minimum atomic E-state index is -0.0655. The van der Waals surface area contributed by atoms with Crippen molar-refractivity contribution < 1.29 is 9.53 Å². The molecule has 1 fully saturated rings. The number of hydrogen-bond donors (Lipinski definition) is 2. The summed E-state index contributed by atoms with van der Waals surface area (Å²) in [4.78, 5) is 16.9. The summed E-state index contributed by atoms with van der Waals surface area (Å²) in [6, 6.07) is 12.0. The van der Waals surface area contributed by atoms with E-state index in [0.29, 0.717) is 18.2 Å². The van der Waals surface area contributed by atoms with E-state index >= 15 is 0 Å². The second kappa shape index (κ2) is 9.95. The van der Waals surface area contributed by atoms with Gasteiger partial charge in [0.15, 0.2) is 0 Å². The van der Waals surface area contributed by atoms with Gasteiger partial charge in [-0.3, -0.25) is 4.79 Å². The minimum absolute atomic E-state index is 0.0655. The van der Waals surface area contributed by atoms with Gasteiger partial charge < -0.3 is 15.4 Å². The Morgan fingerprint density at radius 1 is 1.15 bits per heavy atom. The van der Waals surface area contributed by atoms with Crippen LogP contribution in [0.1, 0.15) is 54.4 Å². The zero-order chi connectivity index (χ0) is 18.9. The van der Waals surface area contributed by atoms with E-state index in [1.54, 1.807) is 19.4 Å². The molecule has 1 aromatic carbocycles. The number of ether oxygens (including phenoxy) is 1. The van der Waals surface area contributed by atoms with Crippen molar-refractivity contribution in [2.45, 2.75) is 51.0 Å². The molecule has 0 saturated heterocycles. The lowest BCUT2D eigenvalue weighted by atomic mass is 10.1. The molecule has 3 rings (SSSR count). The van der Waals surface area contributed by atoms with E-state index in [1.807, 2.05) is 30.3 Å². The molecular weight excluding hydrogens is 338 g/mol. The summed E-state index contributed by atoms with van der Waals surface area (Å²) in [7, 11) is 1.66. The maximum Gasteiger partial charge on any atom is 0.251 e. The average Bonchev–Trinajstić information content (AvgIpc) is 2.97. The standard InChI is InChI=1S/C22H29N3O2/c1-27-20-10-6-7-17(15-20)11-13-24-22(26)18-12-14-23-21(16-18)25-19-8-4-2-3-5-9-19/h6-7,10,12,14-16,19H,2-5,8-9,11,13H2,1H3,(H,23,25)(H,24,26). The van der Waals surface area contributed by atoms with Gasteiger partial charge in [-0.05, 0) is 49.1 Å². The van der Waals surface area contributed by atoms with Gasteiger partial charge in [0.25, 0.3) is 5.91 Å². The molecule has 1 heterocycles. The molecule has 5 heteroatoms. The first-order valence-electron chi connectivity index (χ1n) is 9.88. The monoisotopic (exact) mass is 367 g/mol. The fourth-order valence-electron chi connectivity index (χ4n) is 3.53. The van der Waals surface area contributed by atoms with Crippen LogP contribution in [0.2, 0.25) is 0 Å². The van der Waals surface area contributed by atoms with Crippen molar-refractivity contribution in [3.63, 3.8) is 0 Å². The Kier molecular flexibility index (Phi) is 7.08. The predicted molar refractivity (Wildman–Crippen MR) is 108 cm³/mol. The van der Waals surface area contributed by atoms with Gasteiger partial charge in [-0.25, -0.2) is 4.98 Å². The number of amides is 1. The number of carbonyl (C=O) groups is 1. The molecule has 0 unspecified atom stereocenters. The number of rotatable bonds is 7. The summed E-state index contributed by atoms with van der Waals surface area (Å²) < 4.78 is 5.23. The van der Waals surface area contributed by atoms with Crippen LogP contribution in [-0.4, -0.2) is 30.6 Å². The molecule has 1 aromatic heterocycles. The molecule has 0 spiro atoms. The van der Waals surface area contributed by atoms with E-state index in [9.17, 15) is 4.79 Å². The molecule has 2 aromatic rings. The highest BCUT2D eigenvalue weighted by Gasteiger charge is 2.13. The second-order valence-electron chi connectivity index (χ2n) is 7.12. The van der Waals surface area contributed by atoms with Crippen molar-refractivity contribution in [3.8, 4) is 5.75 Å². The van der Waals surface area contributed by atoms with Crippen LogP contribution in [-0.2, 0) is 6.42 Å². The smallest absolute Gasteiger partial charge is 0.251 e. The van der Waals surface area contributed by atoms with Crippen molar-refractivity contribution >= 4 is 11.7 Å². The fraction of sp³-hybridized carbons (Fsp3) is 0.455. The third-order valence-electron chi connectivity index (χ3n) is 5.06. The molecule has 1 aliphatic carbocycles. The topological polar surface area (TPSA) is 63.2 Å². The van der Waals surface area contributed by atoms with E-state index in [4.69, 9.17) is 4.74 Å². The molecule has 1 amide bonds. The van der Waals surface area contributed by atoms with Crippen molar-refractivity contribution in [3.05, 3.63) is 53.7 Å². The first-order chi connectivity index (χ1) is 13.2. The van der Waals surface area contributed by atoms with E-state index in [-0.39, 0.29) is 5.91 Å². The Balaban J connectivity index is 1.51. The van der Waals surface area contributed by atoms with Gasteiger partial charge in [-0.1, -0.05) is 37.8 Å². The van der Waals surface area contributed by atoms with Gasteiger partial charge in [0.2, 0.25) is 0 Å². The number of hydrogen-bond acceptors (Lipinski definition) is 4. The Morgan fingerprint density at radius 3 is 2.74 bits per heavy atom. The van der Waals surface area contributed by atoms with Crippen molar-refractivity contribution in [1.82, 2.24) is 10.3 Å². The molecule has 1 saturated carbocycles. The zero-order valence-electron chi connectivity index (χ0n) is 16.0. The SMILES string of the molecule is COc1cccc(CCNC(=O)c2ccnc(NC3CCCCCC3)c2)c1. The summed E-state index contributed by atoms with van der Waals surface area (Å²) in [5, 5.41) is 6.50. The number of carbonyl (C=O) groups excluding carboxylic acids is 1. The third-order valence-corrected chi connectivity index (χ3v) is 5.06. The Hall–Kier alpha value is -2.56. The van der Waals surface area contributed by atoms with E-state index in [2.05, 4.69) is 15.6 Å². The van der Waals surface area contributed by atoms with Crippen LogP contribution < -0.4 is 15.4 Å². The maximum absolute atomic E-state index is 12.5. The number of aromatic nitrogens is 1. The molecule has 0 atom stereocenters. The van der Waals surface area contributed by atoms with Crippen LogP contribution in [0, 0.1) is 0 Å². The molecule has 144 valence electrons. The van der Waals surface area contributed by atoms with Crippen molar-refractivity contribution in [2.75, 3.05) is 19.0 Å². The average molecular weight is 367 g/mol. The second-order valence-corrected chi connectivity index (χ2v) is 7.12. The maximum atomic E-state index is 12.5. The van der Waals surface area contributed by atoms with Gasteiger partial charge in [0, 0.05) is 24.3 Å². The normalized spacial score (nSPS) is 15.0. The number of nitrogens with zero attached hydrogens (tertiary/aromatic N) is 1. The van der Waals surface area contributed by atoms with Crippen LogP contribution in [0.3, 0.4) is 0 Å². The molecule has 2 N–H and O–H groups in total. The lowest BCUT2D eigenvalue weighted by Crippen LogP contribution is -2.26. The first-order valence-corrected chi connectivity index (χ1v) is 9.88. The highest BCUT2D eigenvalue weighted by molar-refractivity contribution is 5.94. The van der Waals surface area contributed by atoms with Crippen molar-refractivity contribution in [2.24, 2.45) is 0 Å². The number of pyridine rings is 1. The number of benzene rings is 1. The zero-order valence-corrected chi connectivity index (χ0v) is 16.0. The Labute approximate surface area is 161 Å². The van der Waals surface area contributed by atoms with Crippen LogP contribution in [0.4, 0.5) is 5.82 Å². The largest absolute Gasteiger partial charge is 0.497 e. The fourth-order valence-corrected chi connectivity index (χ4v) is 3.53. The van der Waals surface area contributed by atoms with Gasteiger partial charge in [-0.15, -0.1) is 0 Å². The summed E-state index contributed by atoms with van der Waals surface area (Å²) >= 11 is 0. The van der Waals surface area contributed by atoms with Crippen molar-refractivity contribution in [1.29, 1.82) is 0 Å². The highest BCUT2D eigenvalue weighted by Crippen LogP contribution is 2.20. The highest BCUT2D eigenvalue weighted by atomic mass is 16.5. The van der Waals surface area contributed by atoms with Crippen LogP contribution in [0.5, 0.6) is 5.75 Å². The van der Waals surface area contributed by atoms with Gasteiger partial charge in [0.05, 0.1) is 7.11 Å². The van der Waals surface area contributed by atoms with Gasteiger partial charge in [0.1, 0.15) is 11.6 Å². The first kappa shape index (κ1) is 19.2. The predicted octanol–water partition coefficient (Wildman–Crippen LogP) is 4.20. The Morgan fingerprint density at radius 2 is 1.96 bits per heavy atom. The quantitative estimate of drug-likeness (QED) is 0.720. The van der Waals surface area contributed by atoms with Crippen LogP contribution >= 0.6 is 0 Å². The molecule has 0 bridgehead atoms. The van der Waals surface area contributed by atoms with E-state index in [0.717, 1.165) is 23.6 Å². The third kappa shape index (κ3) is 5.98. The molecule has 0 radical (unpaired) electrons. The lowest BCUT2D eigenvalue weighted by Gasteiger charge is -2.17.